The maximum absolute atomic E-state index is 12.8. The molecular weight excluding hydrogens is 246 g/mol. The summed E-state index contributed by atoms with van der Waals surface area (Å²) in [5.41, 5.74) is 0.522. The van der Waals surface area contributed by atoms with Crippen molar-refractivity contribution in [3.63, 3.8) is 0 Å². The molecular formula is C8H7BrClFO. The molecule has 0 saturated carbocycles. The molecule has 0 unspecified atom stereocenters. The van der Waals surface area contributed by atoms with Crippen LogP contribution < -0.4 is 0 Å². The molecule has 0 fully saturated rings. The Balaban J connectivity index is 2.96. The average molecular weight is 253 g/mol. The van der Waals surface area contributed by atoms with Crippen molar-refractivity contribution in [3.8, 4) is 0 Å². The zero-order valence-corrected chi connectivity index (χ0v) is 8.44. The Morgan fingerprint density at radius 2 is 2.25 bits per heavy atom. The second-order valence-electron chi connectivity index (χ2n) is 2.34. The van der Waals surface area contributed by atoms with Crippen LogP contribution >= 0.6 is 27.5 Å². The lowest BCUT2D eigenvalue weighted by atomic mass is 10.1. The Kier molecular flexibility index (Phi) is 3.50. The van der Waals surface area contributed by atoms with E-state index in [0.29, 0.717) is 10.9 Å². The Labute approximate surface area is 83.3 Å². The van der Waals surface area contributed by atoms with Gasteiger partial charge in [0.15, 0.2) is 0 Å². The molecule has 0 saturated heterocycles. The van der Waals surface area contributed by atoms with E-state index in [9.17, 15) is 9.50 Å². The smallest absolute Gasteiger partial charge is 0.142 e. The summed E-state index contributed by atoms with van der Waals surface area (Å²) in [7, 11) is 0. The highest BCUT2D eigenvalue weighted by Crippen LogP contribution is 2.21. The third-order valence-electron chi connectivity index (χ3n) is 1.47. The highest BCUT2D eigenvalue weighted by atomic mass is 79.9. The summed E-state index contributed by atoms with van der Waals surface area (Å²) in [5.74, 6) is -0.505. The van der Waals surface area contributed by atoms with E-state index in [2.05, 4.69) is 15.9 Å². The average Bonchev–Trinajstić information content (AvgIpc) is 2.08. The second kappa shape index (κ2) is 4.21. The van der Waals surface area contributed by atoms with Crippen LogP contribution in [0.15, 0.2) is 18.2 Å². The van der Waals surface area contributed by atoms with Crippen molar-refractivity contribution in [1.29, 1.82) is 0 Å². The van der Waals surface area contributed by atoms with Gasteiger partial charge in [-0.3, -0.25) is 0 Å². The zero-order valence-electron chi connectivity index (χ0n) is 6.10. The quantitative estimate of drug-likeness (QED) is 0.804. The normalized spacial score (nSPS) is 13.0. The summed E-state index contributed by atoms with van der Waals surface area (Å²) in [6.45, 7) is 0. The molecule has 4 heteroatoms. The molecule has 1 atom stereocenters. The van der Waals surface area contributed by atoms with Gasteiger partial charge in [0, 0.05) is 5.33 Å². The molecule has 0 spiro atoms. The molecule has 1 nitrogen and oxygen atoms in total. The van der Waals surface area contributed by atoms with E-state index in [0.717, 1.165) is 0 Å². The first kappa shape index (κ1) is 9.96. The molecule has 1 aromatic carbocycles. The molecule has 0 aromatic heterocycles. The second-order valence-corrected chi connectivity index (χ2v) is 3.40. The highest BCUT2D eigenvalue weighted by Gasteiger charge is 2.07. The Hall–Kier alpha value is -0.120. The van der Waals surface area contributed by atoms with Gasteiger partial charge in [0.05, 0.1) is 11.1 Å². The van der Waals surface area contributed by atoms with Crippen molar-refractivity contribution in [2.75, 3.05) is 5.33 Å². The van der Waals surface area contributed by atoms with E-state index in [1.165, 1.54) is 12.1 Å². The predicted molar refractivity (Wildman–Crippen MR) is 50.2 cm³/mol. The molecule has 1 N–H and O–H groups in total. The van der Waals surface area contributed by atoms with Crippen LogP contribution in [0.2, 0.25) is 5.02 Å². The van der Waals surface area contributed by atoms with Crippen molar-refractivity contribution in [3.05, 3.63) is 34.6 Å². The molecule has 0 aliphatic carbocycles. The number of halogens is 3. The standard InChI is InChI=1S/C8H7BrClFO/c9-4-8(12)5-1-2-6(10)7(11)3-5/h1-3,8,12H,4H2/t8-/m1/s1. The number of aliphatic hydroxyl groups excluding tert-OH is 1. The lowest BCUT2D eigenvalue weighted by Crippen LogP contribution is -1.98. The largest absolute Gasteiger partial charge is 0.388 e. The van der Waals surface area contributed by atoms with Gasteiger partial charge < -0.3 is 5.11 Å². The fraction of sp³-hybridized carbons (Fsp3) is 0.250. The summed E-state index contributed by atoms with van der Waals surface area (Å²) in [5, 5.41) is 9.74. The molecule has 12 heavy (non-hydrogen) atoms. The van der Waals surface area contributed by atoms with Crippen LogP contribution in [0.5, 0.6) is 0 Å². The van der Waals surface area contributed by atoms with Gasteiger partial charge in [0.2, 0.25) is 0 Å². The van der Waals surface area contributed by atoms with E-state index in [-0.39, 0.29) is 5.02 Å². The van der Waals surface area contributed by atoms with Gasteiger partial charge in [-0.15, -0.1) is 0 Å². The lowest BCUT2D eigenvalue weighted by molar-refractivity contribution is 0.205. The molecule has 0 heterocycles. The van der Waals surface area contributed by atoms with Gasteiger partial charge in [0.25, 0.3) is 0 Å². The molecule has 0 bridgehead atoms. The number of alkyl halides is 1. The van der Waals surface area contributed by atoms with Crippen LogP contribution in [0.1, 0.15) is 11.7 Å². The van der Waals surface area contributed by atoms with Crippen molar-refractivity contribution >= 4 is 27.5 Å². The van der Waals surface area contributed by atoms with Gasteiger partial charge in [0.1, 0.15) is 5.82 Å². The third-order valence-corrected chi connectivity index (χ3v) is 2.39. The first-order valence-electron chi connectivity index (χ1n) is 3.34. The highest BCUT2D eigenvalue weighted by molar-refractivity contribution is 9.09. The first-order valence-corrected chi connectivity index (χ1v) is 4.84. The van der Waals surface area contributed by atoms with Crippen LogP contribution in [-0.2, 0) is 0 Å². The minimum absolute atomic E-state index is 0.0699. The van der Waals surface area contributed by atoms with Crippen molar-refractivity contribution in [2.45, 2.75) is 6.10 Å². The van der Waals surface area contributed by atoms with Crippen LogP contribution in [0.3, 0.4) is 0 Å². The van der Waals surface area contributed by atoms with Crippen molar-refractivity contribution in [2.24, 2.45) is 0 Å². The van der Waals surface area contributed by atoms with Crippen LogP contribution in [0, 0.1) is 5.82 Å². The Morgan fingerprint density at radius 3 is 2.75 bits per heavy atom. The minimum Gasteiger partial charge on any atom is -0.388 e. The number of hydrogen-bond donors (Lipinski definition) is 1. The zero-order chi connectivity index (χ0) is 9.14. The van der Waals surface area contributed by atoms with Gasteiger partial charge in [-0.05, 0) is 17.7 Å². The Morgan fingerprint density at radius 1 is 1.58 bits per heavy atom. The third kappa shape index (κ3) is 2.19. The molecule has 66 valence electrons. The minimum atomic E-state index is -0.684. The van der Waals surface area contributed by atoms with Crippen molar-refractivity contribution < 1.29 is 9.50 Å². The molecule has 0 aliphatic rings. The van der Waals surface area contributed by atoms with E-state index in [1.54, 1.807) is 6.07 Å². The topological polar surface area (TPSA) is 20.2 Å². The Bertz CT molecular complexity index is 280. The lowest BCUT2D eigenvalue weighted by Gasteiger charge is -2.06. The summed E-state index contributed by atoms with van der Waals surface area (Å²) < 4.78 is 12.8. The van der Waals surface area contributed by atoms with E-state index in [1.807, 2.05) is 0 Å². The monoisotopic (exact) mass is 252 g/mol. The molecule has 1 aromatic rings. The summed E-state index contributed by atoms with van der Waals surface area (Å²) in [4.78, 5) is 0. The number of benzene rings is 1. The molecule has 1 rings (SSSR count). The summed E-state index contributed by atoms with van der Waals surface area (Å²) >= 11 is 8.55. The van der Waals surface area contributed by atoms with Gasteiger partial charge in [-0.2, -0.15) is 0 Å². The maximum atomic E-state index is 12.8. The molecule has 0 amide bonds. The van der Waals surface area contributed by atoms with Crippen LogP contribution in [-0.4, -0.2) is 10.4 Å². The number of aliphatic hydroxyl groups is 1. The van der Waals surface area contributed by atoms with Crippen molar-refractivity contribution in [1.82, 2.24) is 0 Å². The summed E-state index contributed by atoms with van der Waals surface area (Å²) in [6.07, 6.45) is -0.684. The number of rotatable bonds is 2. The molecule has 0 aliphatic heterocycles. The van der Waals surface area contributed by atoms with Crippen LogP contribution in [0.25, 0.3) is 0 Å². The van der Waals surface area contributed by atoms with Gasteiger partial charge in [-0.1, -0.05) is 33.6 Å². The maximum Gasteiger partial charge on any atom is 0.142 e. The fourth-order valence-electron chi connectivity index (χ4n) is 0.809. The van der Waals surface area contributed by atoms with Gasteiger partial charge in [-0.25, -0.2) is 4.39 Å². The number of hydrogen-bond acceptors (Lipinski definition) is 1. The molecule has 0 radical (unpaired) electrons. The van der Waals surface area contributed by atoms with E-state index in [4.69, 9.17) is 11.6 Å². The van der Waals surface area contributed by atoms with E-state index >= 15 is 0 Å². The predicted octanol–water partition coefficient (Wildman–Crippen LogP) is 2.91. The summed E-state index contributed by atoms with van der Waals surface area (Å²) in [6, 6.07) is 4.25. The fourth-order valence-corrected chi connectivity index (χ4v) is 1.30. The van der Waals surface area contributed by atoms with Crippen LogP contribution in [0.4, 0.5) is 4.39 Å². The van der Waals surface area contributed by atoms with E-state index < -0.39 is 11.9 Å². The SMILES string of the molecule is O[C@H](CBr)c1ccc(Cl)c(F)c1. The van der Waals surface area contributed by atoms with Gasteiger partial charge >= 0.3 is 0 Å². The first-order chi connectivity index (χ1) is 5.65.